The number of hydrogen-bond donors (Lipinski definition) is 1. The Bertz CT molecular complexity index is 2230. The Morgan fingerprint density at radius 3 is 1.89 bits per heavy atom. The van der Waals surface area contributed by atoms with Crippen molar-refractivity contribution < 1.29 is 9.90 Å². The summed E-state index contributed by atoms with van der Waals surface area (Å²) in [5, 5.41) is 22.4. The van der Waals surface area contributed by atoms with Crippen molar-refractivity contribution in [2.45, 2.75) is 71.6 Å². The summed E-state index contributed by atoms with van der Waals surface area (Å²) >= 11 is 5.18. The first-order chi connectivity index (χ1) is 21.6. The van der Waals surface area contributed by atoms with E-state index in [1.54, 1.807) is 28.7 Å². The predicted molar refractivity (Wildman–Crippen MR) is 196 cm³/mol. The third-order valence-corrected chi connectivity index (χ3v) is 12.9. The van der Waals surface area contributed by atoms with Crippen molar-refractivity contribution in [1.29, 1.82) is 5.26 Å². The molecular formula is C39H36N2O2S3. The number of benzene rings is 2. The second-order valence-corrected chi connectivity index (χ2v) is 18.0. The molecule has 0 saturated carbocycles. The van der Waals surface area contributed by atoms with Crippen LogP contribution >= 0.6 is 34.0 Å². The molecule has 7 heteroatoms. The van der Waals surface area contributed by atoms with E-state index in [-0.39, 0.29) is 21.8 Å². The summed E-state index contributed by atoms with van der Waals surface area (Å²) in [6, 6.07) is 24.6. The van der Waals surface area contributed by atoms with Gasteiger partial charge in [-0.2, -0.15) is 5.26 Å². The Morgan fingerprint density at radius 1 is 0.783 bits per heavy atom. The van der Waals surface area contributed by atoms with Gasteiger partial charge < -0.3 is 9.67 Å². The molecule has 0 amide bonds. The Morgan fingerprint density at radius 2 is 1.35 bits per heavy atom. The third kappa shape index (κ3) is 4.78. The molecule has 46 heavy (non-hydrogen) atoms. The van der Waals surface area contributed by atoms with Crippen LogP contribution in [-0.2, 0) is 21.0 Å². The van der Waals surface area contributed by atoms with Crippen molar-refractivity contribution in [2.24, 2.45) is 0 Å². The molecule has 4 aromatic heterocycles. The summed E-state index contributed by atoms with van der Waals surface area (Å²) in [7, 11) is 0. The van der Waals surface area contributed by atoms with Crippen molar-refractivity contribution in [3.8, 4) is 30.6 Å². The van der Waals surface area contributed by atoms with Crippen LogP contribution in [0.4, 0.5) is 0 Å². The minimum atomic E-state index is -1.20. The molecule has 1 aliphatic rings. The average Bonchev–Trinajstić information content (AvgIpc) is 3.78. The van der Waals surface area contributed by atoms with Gasteiger partial charge in [0, 0.05) is 40.6 Å². The summed E-state index contributed by atoms with van der Waals surface area (Å²) in [5.41, 5.74) is 7.27. The van der Waals surface area contributed by atoms with E-state index in [1.165, 1.54) is 74.6 Å². The van der Waals surface area contributed by atoms with Crippen molar-refractivity contribution in [3.05, 3.63) is 93.4 Å². The van der Waals surface area contributed by atoms with Crippen LogP contribution in [0.15, 0.2) is 66.2 Å². The maximum absolute atomic E-state index is 11.5. The summed E-state index contributed by atoms with van der Waals surface area (Å²) < 4.78 is 2.42. The molecule has 6 aromatic rings. The van der Waals surface area contributed by atoms with Gasteiger partial charge in [-0.05, 0) is 87.7 Å². The number of carboxylic acids is 1. The molecule has 4 nitrogen and oxygen atoms in total. The van der Waals surface area contributed by atoms with Crippen LogP contribution in [0.3, 0.4) is 0 Å². The molecule has 1 aliphatic carbocycles. The maximum atomic E-state index is 11.5. The van der Waals surface area contributed by atoms with E-state index in [0.29, 0.717) is 0 Å². The van der Waals surface area contributed by atoms with Gasteiger partial charge in [-0.15, -0.1) is 34.0 Å². The molecule has 0 fully saturated rings. The van der Waals surface area contributed by atoms with Crippen molar-refractivity contribution >= 4 is 67.9 Å². The zero-order valence-electron chi connectivity index (χ0n) is 27.3. The molecule has 0 radical (unpaired) electrons. The highest BCUT2D eigenvalue weighted by Crippen LogP contribution is 2.57. The lowest BCUT2D eigenvalue weighted by Gasteiger charge is -2.19. The van der Waals surface area contributed by atoms with Gasteiger partial charge in [0.2, 0.25) is 0 Å². The van der Waals surface area contributed by atoms with Gasteiger partial charge in [-0.3, -0.25) is 0 Å². The van der Waals surface area contributed by atoms with E-state index in [4.69, 9.17) is 0 Å². The SMILES string of the molecule is CC(C)(C)c1ccc2c(c1)c1cc(C(C)(C)C)ccc1n2-c1ccc(-c2cc3c(s2)-c2sc(/C=C(/C#N)C(=O)O)cc2C3(C)C)s1. The summed E-state index contributed by atoms with van der Waals surface area (Å²) in [6.45, 7) is 18.1. The summed E-state index contributed by atoms with van der Waals surface area (Å²) in [6.07, 6.45) is 1.49. The highest BCUT2D eigenvalue weighted by atomic mass is 32.1. The second kappa shape index (κ2) is 10.3. The van der Waals surface area contributed by atoms with E-state index in [2.05, 4.69) is 115 Å². The van der Waals surface area contributed by atoms with Gasteiger partial charge in [0.1, 0.15) is 16.6 Å². The smallest absolute Gasteiger partial charge is 0.346 e. The van der Waals surface area contributed by atoms with Crippen LogP contribution in [0.5, 0.6) is 0 Å². The lowest BCUT2D eigenvalue weighted by atomic mass is 9.84. The van der Waals surface area contributed by atoms with Crippen LogP contribution in [0.25, 0.3) is 52.4 Å². The first-order valence-electron chi connectivity index (χ1n) is 15.4. The lowest BCUT2D eigenvalue weighted by Crippen LogP contribution is -2.13. The number of rotatable bonds is 4. The van der Waals surface area contributed by atoms with Gasteiger partial charge >= 0.3 is 5.97 Å². The van der Waals surface area contributed by atoms with Crippen LogP contribution in [0, 0.1) is 11.3 Å². The highest BCUT2D eigenvalue weighted by Gasteiger charge is 2.39. The number of aliphatic carboxylic acids is 1. The Labute approximate surface area is 281 Å². The molecule has 7 rings (SSSR count). The third-order valence-electron chi connectivity index (χ3n) is 9.23. The largest absolute Gasteiger partial charge is 0.477 e. The topological polar surface area (TPSA) is 66.0 Å². The van der Waals surface area contributed by atoms with Crippen molar-refractivity contribution in [2.75, 3.05) is 0 Å². The van der Waals surface area contributed by atoms with Crippen LogP contribution in [0.2, 0.25) is 0 Å². The molecule has 0 unspecified atom stereocenters. The standard InChI is InChI=1S/C39H36N2O2S3/c1-37(2,3)22-9-11-29-25(16-22)26-17-23(38(4,5)6)10-12-30(26)41(29)33-14-13-31(45-33)32-19-28-35(46-32)34-27(39(28,7)8)18-24(44-34)15-21(20-40)36(42)43/h9-19H,1-8H3,(H,42,43)/b21-15-. The van der Waals surface area contributed by atoms with E-state index in [0.717, 1.165) is 4.88 Å². The van der Waals surface area contributed by atoms with Gasteiger partial charge in [-0.1, -0.05) is 67.5 Å². The minimum Gasteiger partial charge on any atom is -0.477 e. The zero-order chi connectivity index (χ0) is 32.9. The molecular weight excluding hydrogens is 625 g/mol. The highest BCUT2D eigenvalue weighted by molar-refractivity contribution is 7.27. The maximum Gasteiger partial charge on any atom is 0.346 e. The van der Waals surface area contributed by atoms with Crippen LogP contribution in [-0.4, -0.2) is 15.6 Å². The normalized spacial score (nSPS) is 14.5. The van der Waals surface area contributed by atoms with Gasteiger partial charge in [0.25, 0.3) is 0 Å². The van der Waals surface area contributed by atoms with Gasteiger partial charge in [-0.25, -0.2) is 4.79 Å². The Hall–Kier alpha value is -3.96. The van der Waals surface area contributed by atoms with Crippen LogP contribution in [0.1, 0.15) is 82.5 Å². The fraction of sp³-hybridized carbons (Fsp3) is 0.282. The minimum absolute atomic E-state index is 0.0570. The first kappa shape index (κ1) is 30.7. The fourth-order valence-electron chi connectivity index (χ4n) is 6.46. The predicted octanol–water partition coefficient (Wildman–Crippen LogP) is 11.5. The fourth-order valence-corrected chi connectivity index (χ4v) is 10.3. The van der Waals surface area contributed by atoms with Crippen LogP contribution < -0.4 is 0 Å². The molecule has 0 spiro atoms. The number of fused-ring (bicyclic) bond motifs is 6. The van der Waals surface area contributed by atoms with Crippen molar-refractivity contribution in [1.82, 2.24) is 4.57 Å². The Balaban J connectivity index is 1.34. The van der Waals surface area contributed by atoms with E-state index in [1.807, 2.05) is 17.4 Å². The number of carbonyl (C=O) groups is 1. The molecule has 0 aliphatic heterocycles. The zero-order valence-corrected chi connectivity index (χ0v) is 29.8. The number of hydrogen-bond acceptors (Lipinski definition) is 5. The van der Waals surface area contributed by atoms with Gasteiger partial charge in [0.05, 0.1) is 11.0 Å². The quantitative estimate of drug-likeness (QED) is 0.151. The van der Waals surface area contributed by atoms with E-state index >= 15 is 0 Å². The molecule has 2 aromatic carbocycles. The second-order valence-electron chi connectivity index (χ2n) is 14.8. The van der Waals surface area contributed by atoms with Crippen molar-refractivity contribution in [3.63, 3.8) is 0 Å². The number of thiophene rings is 3. The monoisotopic (exact) mass is 660 g/mol. The summed E-state index contributed by atoms with van der Waals surface area (Å²) in [4.78, 5) is 17.1. The molecule has 1 N–H and O–H groups in total. The van der Waals surface area contributed by atoms with Gasteiger partial charge in [0.15, 0.2) is 0 Å². The molecule has 232 valence electrons. The average molecular weight is 661 g/mol. The summed E-state index contributed by atoms with van der Waals surface area (Å²) in [5.74, 6) is -1.20. The number of nitriles is 1. The molecule has 0 saturated heterocycles. The van der Waals surface area contributed by atoms with E-state index in [9.17, 15) is 15.2 Å². The van der Waals surface area contributed by atoms with E-state index < -0.39 is 5.97 Å². The molecule has 0 atom stereocenters. The number of nitrogens with zero attached hydrogens (tertiary/aromatic N) is 2. The lowest BCUT2D eigenvalue weighted by molar-refractivity contribution is -0.132. The Kier molecular flexibility index (Phi) is 6.85. The molecule has 0 bridgehead atoms. The molecule has 4 heterocycles. The first-order valence-corrected chi connectivity index (χ1v) is 17.9. The number of carboxylic acid groups (broad SMARTS) is 1. The number of aromatic nitrogens is 1.